The van der Waals surface area contributed by atoms with Gasteiger partial charge in [-0.05, 0) is 29.7 Å². The number of aromatic nitrogens is 3. The van der Waals surface area contributed by atoms with Gasteiger partial charge in [-0.25, -0.2) is 4.98 Å². The number of nitrogens with one attached hydrogen (secondary N) is 1. The predicted molar refractivity (Wildman–Crippen MR) is 109 cm³/mol. The fourth-order valence-corrected chi connectivity index (χ4v) is 2.82. The van der Waals surface area contributed by atoms with Gasteiger partial charge in [-0.2, -0.15) is 0 Å². The molecule has 0 aliphatic rings. The lowest BCUT2D eigenvalue weighted by molar-refractivity contribution is -0.121. The highest BCUT2D eigenvalue weighted by Crippen LogP contribution is 2.06. The summed E-state index contributed by atoms with van der Waals surface area (Å²) in [7, 11) is 0. The Morgan fingerprint density at radius 2 is 1.66 bits per heavy atom. The predicted octanol–water partition coefficient (Wildman–Crippen LogP) is 2.26. The van der Waals surface area contributed by atoms with E-state index in [2.05, 4.69) is 20.3 Å². The number of hydrogen-bond donors (Lipinski definition) is 1. The van der Waals surface area contributed by atoms with Crippen LogP contribution in [-0.2, 0) is 17.8 Å². The summed E-state index contributed by atoms with van der Waals surface area (Å²) in [5.41, 5.74) is 2.38. The van der Waals surface area contributed by atoms with Crippen molar-refractivity contribution in [2.45, 2.75) is 19.4 Å². The van der Waals surface area contributed by atoms with E-state index in [1.807, 2.05) is 42.5 Å². The molecule has 3 rings (SSSR count). The fourth-order valence-electron chi connectivity index (χ4n) is 2.82. The summed E-state index contributed by atoms with van der Waals surface area (Å²) in [5.74, 6) is -0.338. The number of amides is 2. The van der Waals surface area contributed by atoms with Gasteiger partial charge in [-0.3, -0.25) is 19.6 Å². The van der Waals surface area contributed by atoms with Crippen LogP contribution >= 0.6 is 0 Å². The molecule has 29 heavy (non-hydrogen) atoms. The van der Waals surface area contributed by atoms with Crippen LogP contribution in [0.3, 0.4) is 0 Å². The van der Waals surface area contributed by atoms with Crippen LogP contribution in [0.25, 0.3) is 0 Å². The zero-order valence-electron chi connectivity index (χ0n) is 16.1. The maximum Gasteiger partial charge on any atom is 0.274 e. The molecule has 0 fully saturated rings. The second-order valence-corrected chi connectivity index (χ2v) is 6.50. The van der Waals surface area contributed by atoms with Crippen LogP contribution in [-0.4, -0.2) is 44.8 Å². The molecule has 0 radical (unpaired) electrons. The van der Waals surface area contributed by atoms with Crippen molar-refractivity contribution in [1.82, 2.24) is 25.2 Å². The van der Waals surface area contributed by atoms with Crippen LogP contribution in [0.2, 0.25) is 0 Å². The minimum atomic E-state index is -0.226. The van der Waals surface area contributed by atoms with E-state index < -0.39 is 0 Å². The molecule has 3 aromatic rings. The molecule has 2 heterocycles. The summed E-state index contributed by atoms with van der Waals surface area (Å²) < 4.78 is 0. The third-order valence-electron chi connectivity index (χ3n) is 4.43. The van der Waals surface area contributed by atoms with Crippen LogP contribution in [0.5, 0.6) is 0 Å². The van der Waals surface area contributed by atoms with Gasteiger partial charge in [-0.1, -0.05) is 30.3 Å². The Bertz CT molecular complexity index is 904. The summed E-state index contributed by atoms with van der Waals surface area (Å²) in [4.78, 5) is 38.8. The SMILES string of the molecule is O=C(CCN(CCc1ccccc1)C(=O)c1cnccn1)NCc1ccncc1. The molecule has 1 N–H and O–H groups in total. The van der Waals surface area contributed by atoms with Crippen LogP contribution in [0, 0.1) is 0 Å². The summed E-state index contributed by atoms with van der Waals surface area (Å²) in [6.45, 7) is 1.24. The summed E-state index contributed by atoms with van der Waals surface area (Å²) in [5, 5.41) is 2.87. The molecule has 0 spiro atoms. The van der Waals surface area contributed by atoms with Gasteiger partial charge in [0.2, 0.25) is 5.91 Å². The Labute approximate surface area is 169 Å². The monoisotopic (exact) mass is 389 g/mol. The average molecular weight is 389 g/mol. The third-order valence-corrected chi connectivity index (χ3v) is 4.43. The number of benzene rings is 1. The lowest BCUT2D eigenvalue weighted by Gasteiger charge is -2.22. The van der Waals surface area contributed by atoms with Crippen LogP contribution < -0.4 is 5.32 Å². The van der Waals surface area contributed by atoms with E-state index in [1.165, 1.54) is 18.6 Å². The Balaban J connectivity index is 1.58. The first kappa shape index (κ1) is 20.1. The largest absolute Gasteiger partial charge is 0.352 e. The first-order valence-electron chi connectivity index (χ1n) is 9.47. The number of nitrogens with zero attached hydrogens (tertiary/aromatic N) is 4. The van der Waals surface area contributed by atoms with E-state index in [1.54, 1.807) is 17.3 Å². The Morgan fingerprint density at radius 3 is 2.38 bits per heavy atom. The van der Waals surface area contributed by atoms with Gasteiger partial charge in [0, 0.05) is 50.8 Å². The van der Waals surface area contributed by atoms with Crippen molar-refractivity contribution in [3.8, 4) is 0 Å². The van der Waals surface area contributed by atoms with E-state index >= 15 is 0 Å². The molecule has 0 bridgehead atoms. The molecule has 0 aliphatic carbocycles. The van der Waals surface area contributed by atoms with Crippen molar-refractivity contribution in [2.24, 2.45) is 0 Å². The smallest absolute Gasteiger partial charge is 0.274 e. The molecule has 0 unspecified atom stereocenters. The maximum atomic E-state index is 12.8. The number of carbonyl (C=O) groups is 2. The molecular formula is C22H23N5O2. The molecule has 2 aromatic heterocycles. The van der Waals surface area contributed by atoms with Crippen molar-refractivity contribution >= 4 is 11.8 Å². The first-order chi connectivity index (χ1) is 14.2. The lowest BCUT2D eigenvalue weighted by Crippen LogP contribution is -2.37. The van der Waals surface area contributed by atoms with Crippen LogP contribution in [0.15, 0.2) is 73.4 Å². The van der Waals surface area contributed by atoms with Gasteiger partial charge in [0.1, 0.15) is 5.69 Å². The highest BCUT2D eigenvalue weighted by atomic mass is 16.2. The second kappa shape index (κ2) is 10.7. The topological polar surface area (TPSA) is 88.1 Å². The Morgan fingerprint density at radius 1 is 0.862 bits per heavy atom. The molecule has 7 heteroatoms. The zero-order chi connectivity index (χ0) is 20.3. The minimum absolute atomic E-state index is 0.113. The summed E-state index contributed by atoms with van der Waals surface area (Å²) >= 11 is 0. The van der Waals surface area contributed by atoms with Crippen molar-refractivity contribution in [3.63, 3.8) is 0 Å². The van der Waals surface area contributed by atoms with Crippen LogP contribution in [0.1, 0.15) is 28.0 Å². The third kappa shape index (κ3) is 6.49. The number of carbonyl (C=O) groups excluding carboxylic acids is 2. The van der Waals surface area contributed by atoms with Crippen LogP contribution in [0.4, 0.5) is 0 Å². The average Bonchev–Trinajstić information content (AvgIpc) is 2.79. The first-order valence-corrected chi connectivity index (χ1v) is 9.47. The second-order valence-electron chi connectivity index (χ2n) is 6.50. The molecule has 0 aliphatic heterocycles. The van der Waals surface area contributed by atoms with E-state index in [-0.39, 0.29) is 23.9 Å². The summed E-state index contributed by atoms with van der Waals surface area (Å²) in [6, 6.07) is 13.6. The quantitative estimate of drug-likeness (QED) is 0.606. The van der Waals surface area contributed by atoms with Gasteiger partial charge in [0.15, 0.2) is 0 Å². The number of rotatable bonds is 9. The fraction of sp³-hybridized carbons (Fsp3) is 0.227. The number of pyridine rings is 1. The lowest BCUT2D eigenvalue weighted by atomic mass is 10.1. The highest BCUT2D eigenvalue weighted by Gasteiger charge is 2.18. The summed E-state index contributed by atoms with van der Waals surface area (Å²) in [6.07, 6.45) is 8.75. The van der Waals surface area contributed by atoms with Gasteiger partial charge in [-0.15, -0.1) is 0 Å². The molecular weight excluding hydrogens is 366 g/mol. The molecule has 1 aromatic carbocycles. The van der Waals surface area contributed by atoms with Crippen molar-refractivity contribution < 1.29 is 9.59 Å². The molecule has 0 saturated heterocycles. The highest BCUT2D eigenvalue weighted by molar-refractivity contribution is 5.92. The zero-order valence-corrected chi connectivity index (χ0v) is 16.1. The van der Waals surface area contributed by atoms with Crippen molar-refractivity contribution in [3.05, 3.63) is 90.3 Å². The van der Waals surface area contributed by atoms with Gasteiger partial charge in [0.05, 0.1) is 6.20 Å². The van der Waals surface area contributed by atoms with Gasteiger partial charge in [0.25, 0.3) is 5.91 Å². The van der Waals surface area contributed by atoms with E-state index in [0.29, 0.717) is 26.1 Å². The Hall–Kier alpha value is -3.61. The maximum absolute atomic E-state index is 12.8. The van der Waals surface area contributed by atoms with Gasteiger partial charge < -0.3 is 10.2 Å². The van der Waals surface area contributed by atoms with E-state index in [4.69, 9.17) is 0 Å². The van der Waals surface area contributed by atoms with E-state index in [9.17, 15) is 9.59 Å². The molecule has 7 nitrogen and oxygen atoms in total. The molecule has 0 saturated carbocycles. The molecule has 0 atom stereocenters. The van der Waals surface area contributed by atoms with Crippen molar-refractivity contribution in [1.29, 1.82) is 0 Å². The van der Waals surface area contributed by atoms with E-state index in [0.717, 1.165) is 11.1 Å². The molecule has 2 amide bonds. The normalized spacial score (nSPS) is 10.3. The Kier molecular flexibility index (Phi) is 7.40. The van der Waals surface area contributed by atoms with Crippen molar-refractivity contribution in [2.75, 3.05) is 13.1 Å². The van der Waals surface area contributed by atoms with Gasteiger partial charge >= 0.3 is 0 Å². The minimum Gasteiger partial charge on any atom is -0.352 e. The molecule has 148 valence electrons. The number of hydrogen-bond acceptors (Lipinski definition) is 5. The standard InChI is InChI=1S/C22H23N5O2/c28-21(26-16-19-6-10-23-11-7-19)9-15-27(14-8-18-4-2-1-3-5-18)22(29)20-17-24-12-13-25-20/h1-7,10-13,17H,8-9,14-16H2,(H,26,28).